The molecule has 4 nitrogen and oxygen atoms in total. The molecule has 118 valence electrons. The molecule has 3 aromatic rings. The van der Waals surface area contributed by atoms with Gasteiger partial charge in [-0.05, 0) is 50.1 Å². The van der Waals surface area contributed by atoms with Crippen LogP contribution in [0.15, 0.2) is 35.7 Å². The molecule has 2 heterocycles. The molecule has 0 aliphatic rings. The first-order valence-corrected chi connectivity index (χ1v) is 8.31. The minimum Gasteiger partial charge on any atom is -0.346 e. The van der Waals surface area contributed by atoms with E-state index < -0.39 is 0 Å². The Balaban J connectivity index is 1.84. The molecule has 5 heteroatoms. The Bertz CT molecular complexity index is 876. The molecule has 0 unspecified atom stereocenters. The maximum atomic E-state index is 12.4. The van der Waals surface area contributed by atoms with Crippen LogP contribution >= 0.6 is 11.3 Å². The first-order chi connectivity index (χ1) is 11.0. The van der Waals surface area contributed by atoms with E-state index in [2.05, 4.69) is 14.9 Å². The summed E-state index contributed by atoms with van der Waals surface area (Å²) in [6, 6.07) is 9.96. The van der Waals surface area contributed by atoms with Crippen molar-refractivity contribution in [3.63, 3.8) is 0 Å². The van der Waals surface area contributed by atoms with Gasteiger partial charge in [0.1, 0.15) is 10.7 Å². The third-order valence-electron chi connectivity index (χ3n) is 4.18. The summed E-state index contributed by atoms with van der Waals surface area (Å²) in [7, 11) is 2.00. The lowest BCUT2D eigenvalue weighted by molar-refractivity contribution is 0.102. The highest BCUT2D eigenvalue weighted by atomic mass is 32.1. The fraction of sp³-hybridized carbons (Fsp3) is 0.222. The summed E-state index contributed by atoms with van der Waals surface area (Å²) in [6.45, 7) is 6.08. The fourth-order valence-corrected chi connectivity index (χ4v) is 3.26. The Morgan fingerprint density at radius 1 is 1.17 bits per heavy atom. The second-order valence-electron chi connectivity index (χ2n) is 5.66. The van der Waals surface area contributed by atoms with Gasteiger partial charge in [-0.3, -0.25) is 4.79 Å². The van der Waals surface area contributed by atoms with Crippen LogP contribution in [0.5, 0.6) is 0 Å². The van der Waals surface area contributed by atoms with E-state index in [0.29, 0.717) is 5.69 Å². The smallest absolute Gasteiger partial charge is 0.275 e. The van der Waals surface area contributed by atoms with Crippen LogP contribution in [-0.4, -0.2) is 15.5 Å². The Morgan fingerprint density at radius 3 is 2.65 bits per heavy atom. The highest BCUT2D eigenvalue weighted by Gasteiger charge is 2.15. The van der Waals surface area contributed by atoms with Crippen molar-refractivity contribution in [2.24, 2.45) is 7.05 Å². The van der Waals surface area contributed by atoms with Gasteiger partial charge in [0.2, 0.25) is 0 Å². The van der Waals surface area contributed by atoms with Gasteiger partial charge in [-0.1, -0.05) is 12.1 Å². The molecule has 0 fully saturated rings. The van der Waals surface area contributed by atoms with Crippen LogP contribution < -0.4 is 5.32 Å². The molecule has 0 aliphatic heterocycles. The predicted octanol–water partition coefficient (Wildman–Crippen LogP) is 4.33. The standard InChI is InChI=1S/C18H19N3OS/c1-11-6-5-7-14(13(11)3)19-17(22)15-10-23-18(20-15)16-9-8-12(2)21(16)4/h5-10H,1-4H3,(H,19,22). The fourth-order valence-electron chi connectivity index (χ4n) is 2.40. The molecule has 0 spiro atoms. The van der Waals surface area contributed by atoms with Gasteiger partial charge in [0, 0.05) is 23.8 Å². The summed E-state index contributed by atoms with van der Waals surface area (Å²) in [5, 5.41) is 5.61. The van der Waals surface area contributed by atoms with E-state index in [-0.39, 0.29) is 5.91 Å². The zero-order chi connectivity index (χ0) is 16.6. The van der Waals surface area contributed by atoms with Crippen molar-refractivity contribution in [2.75, 3.05) is 5.32 Å². The summed E-state index contributed by atoms with van der Waals surface area (Å²) >= 11 is 1.48. The van der Waals surface area contributed by atoms with Crippen LogP contribution in [0.25, 0.3) is 10.7 Å². The lowest BCUT2D eigenvalue weighted by atomic mass is 10.1. The van der Waals surface area contributed by atoms with Gasteiger partial charge in [-0.15, -0.1) is 11.3 Å². The number of nitrogens with one attached hydrogen (secondary N) is 1. The number of hydrogen-bond acceptors (Lipinski definition) is 3. The Kier molecular flexibility index (Phi) is 4.05. The zero-order valence-electron chi connectivity index (χ0n) is 13.7. The maximum absolute atomic E-state index is 12.4. The van der Waals surface area contributed by atoms with Crippen molar-refractivity contribution >= 4 is 22.9 Å². The molecular formula is C18H19N3OS. The van der Waals surface area contributed by atoms with Crippen molar-refractivity contribution in [2.45, 2.75) is 20.8 Å². The van der Waals surface area contributed by atoms with Crippen molar-refractivity contribution in [1.29, 1.82) is 0 Å². The average molecular weight is 325 g/mol. The quantitative estimate of drug-likeness (QED) is 0.779. The predicted molar refractivity (Wildman–Crippen MR) is 95.1 cm³/mol. The molecule has 0 radical (unpaired) electrons. The van der Waals surface area contributed by atoms with Gasteiger partial charge in [-0.2, -0.15) is 0 Å². The highest BCUT2D eigenvalue weighted by molar-refractivity contribution is 7.13. The lowest BCUT2D eigenvalue weighted by Crippen LogP contribution is -2.13. The van der Waals surface area contributed by atoms with Crippen LogP contribution in [-0.2, 0) is 7.05 Å². The van der Waals surface area contributed by atoms with Crippen LogP contribution in [0, 0.1) is 20.8 Å². The van der Waals surface area contributed by atoms with E-state index in [4.69, 9.17) is 0 Å². The van der Waals surface area contributed by atoms with Crippen LogP contribution in [0.1, 0.15) is 27.3 Å². The number of carbonyl (C=O) groups excluding carboxylic acids is 1. The summed E-state index contributed by atoms with van der Waals surface area (Å²) in [5.41, 5.74) is 5.70. The van der Waals surface area contributed by atoms with Crippen LogP contribution in [0.4, 0.5) is 5.69 Å². The Morgan fingerprint density at radius 2 is 1.96 bits per heavy atom. The van der Waals surface area contributed by atoms with Gasteiger partial charge >= 0.3 is 0 Å². The topological polar surface area (TPSA) is 46.9 Å². The van der Waals surface area contributed by atoms with Crippen LogP contribution in [0.2, 0.25) is 0 Å². The Labute approximate surface area is 139 Å². The second kappa shape index (κ2) is 6.01. The number of aryl methyl sites for hydroxylation is 2. The molecule has 0 bridgehead atoms. The number of thiazole rings is 1. The second-order valence-corrected chi connectivity index (χ2v) is 6.52. The van der Waals surface area contributed by atoms with E-state index in [1.807, 2.05) is 58.2 Å². The monoisotopic (exact) mass is 325 g/mol. The molecule has 2 aromatic heterocycles. The van der Waals surface area contributed by atoms with E-state index in [1.165, 1.54) is 11.3 Å². The minimum absolute atomic E-state index is 0.174. The van der Waals surface area contributed by atoms with E-state index in [1.54, 1.807) is 5.38 Å². The molecule has 0 atom stereocenters. The van der Waals surface area contributed by atoms with Gasteiger partial charge in [-0.25, -0.2) is 4.98 Å². The average Bonchev–Trinajstić information content (AvgIpc) is 3.12. The largest absolute Gasteiger partial charge is 0.346 e. The van der Waals surface area contributed by atoms with Crippen molar-refractivity contribution < 1.29 is 4.79 Å². The van der Waals surface area contributed by atoms with Crippen molar-refractivity contribution in [3.8, 4) is 10.7 Å². The summed E-state index contributed by atoms with van der Waals surface area (Å²) in [5.74, 6) is -0.174. The number of aromatic nitrogens is 2. The summed E-state index contributed by atoms with van der Waals surface area (Å²) in [6.07, 6.45) is 0. The first-order valence-electron chi connectivity index (χ1n) is 7.43. The number of hydrogen-bond donors (Lipinski definition) is 1. The normalized spacial score (nSPS) is 10.8. The van der Waals surface area contributed by atoms with E-state index in [9.17, 15) is 4.79 Å². The third-order valence-corrected chi connectivity index (χ3v) is 5.05. The maximum Gasteiger partial charge on any atom is 0.275 e. The minimum atomic E-state index is -0.174. The molecular weight excluding hydrogens is 306 g/mol. The molecule has 1 amide bonds. The number of amides is 1. The van der Waals surface area contributed by atoms with Gasteiger partial charge in [0.25, 0.3) is 5.91 Å². The van der Waals surface area contributed by atoms with E-state index >= 15 is 0 Å². The number of carbonyl (C=O) groups is 1. The third kappa shape index (κ3) is 2.92. The number of rotatable bonds is 3. The van der Waals surface area contributed by atoms with Crippen molar-refractivity contribution in [3.05, 3.63) is 58.2 Å². The highest BCUT2D eigenvalue weighted by Crippen LogP contribution is 2.26. The zero-order valence-corrected chi connectivity index (χ0v) is 14.5. The number of anilines is 1. The molecule has 23 heavy (non-hydrogen) atoms. The molecule has 1 N–H and O–H groups in total. The lowest BCUT2D eigenvalue weighted by Gasteiger charge is -2.09. The van der Waals surface area contributed by atoms with Gasteiger partial charge in [0.15, 0.2) is 0 Å². The number of nitrogens with zero attached hydrogens (tertiary/aromatic N) is 2. The Hall–Kier alpha value is -2.40. The first kappa shape index (κ1) is 15.5. The van der Waals surface area contributed by atoms with E-state index in [0.717, 1.165) is 33.2 Å². The molecule has 3 rings (SSSR count). The van der Waals surface area contributed by atoms with Crippen molar-refractivity contribution in [1.82, 2.24) is 9.55 Å². The molecule has 0 aliphatic carbocycles. The molecule has 1 aromatic carbocycles. The summed E-state index contributed by atoms with van der Waals surface area (Å²) in [4.78, 5) is 16.9. The molecule has 0 saturated heterocycles. The molecule has 0 saturated carbocycles. The summed E-state index contributed by atoms with van der Waals surface area (Å²) < 4.78 is 2.07. The SMILES string of the molecule is Cc1cccc(NC(=O)c2csc(-c3ccc(C)n3C)n2)c1C. The van der Waals surface area contributed by atoms with Gasteiger partial charge < -0.3 is 9.88 Å². The van der Waals surface area contributed by atoms with Gasteiger partial charge in [0.05, 0.1) is 5.69 Å². The van der Waals surface area contributed by atoms with Crippen LogP contribution in [0.3, 0.4) is 0 Å². The number of benzene rings is 1.